The minimum absolute atomic E-state index is 0. The molecule has 1 atom stereocenters. The smallest absolute Gasteiger partial charge is 0.743 e. The Balaban J connectivity index is 0. The molecule has 0 saturated heterocycles. The molecule has 0 saturated carbocycles. The number of hydrogen-bond acceptors (Lipinski definition) is 5. The van der Waals surface area contributed by atoms with Crippen molar-refractivity contribution in [2.45, 2.75) is 41.8 Å². The van der Waals surface area contributed by atoms with E-state index < -0.39 is 51.9 Å². The summed E-state index contributed by atoms with van der Waals surface area (Å²) in [5.74, 6) is -7.95. The Hall–Kier alpha value is 0.416. The van der Waals surface area contributed by atoms with Gasteiger partial charge in [0.2, 0.25) is 0 Å². The van der Waals surface area contributed by atoms with E-state index in [0.29, 0.717) is 0 Å². The topological polar surface area (TPSA) is 75.7 Å². The molecule has 5 nitrogen and oxygen atoms in total. The maximum absolute atomic E-state index is 13.4. The molecule has 0 amide bonds. The Morgan fingerprint density at radius 1 is 0.552 bits per heavy atom. The van der Waals surface area contributed by atoms with Crippen LogP contribution in [0.3, 0.4) is 0 Å². The Bertz CT molecular complexity index is 684. The average molecular weight is 520 g/mol. The fraction of sp³-hybridized carbons (Fsp3) is 1.00. The average Bonchev–Trinajstić information content (AvgIpc) is 2.31. The van der Waals surface area contributed by atoms with Crippen molar-refractivity contribution in [1.82, 2.24) is 0 Å². The second-order valence-corrected chi connectivity index (χ2v) is 5.74. The van der Waals surface area contributed by atoms with Gasteiger partial charge in [0.25, 0.3) is 0 Å². The van der Waals surface area contributed by atoms with Crippen LogP contribution in [0, 0.1) is 0 Å². The monoisotopic (exact) mass is 520 g/mol. The van der Waals surface area contributed by atoms with Crippen molar-refractivity contribution >= 4 is 10.1 Å². The molecule has 29 heavy (non-hydrogen) atoms. The Morgan fingerprint density at radius 3 is 1.14 bits per heavy atom. The molecule has 0 heterocycles. The van der Waals surface area contributed by atoms with E-state index >= 15 is 0 Å². The fourth-order valence-electron chi connectivity index (χ4n) is 0.948. The number of hydrogen-bond donors (Lipinski definition) is 0. The molecule has 0 aromatic rings. The van der Waals surface area contributed by atoms with Crippen molar-refractivity contribution in [3.05, 3.63) is 0 Å². The van der Waals surface area contributed by atoms with Crippen LogP contribution < -0.4 is 51.4 Å². The molecule has 0 aliphatic carbocycles. The maximum atomic E-state index is 13.4. The van der Waals surface area contributed by atoms with Crippen LogP contribution in [-0.4, -0.2) is 54.8 Å². The SMILES string of the molecule is O=S(=O)([O-])C(F)(F)C(F)(F)OC(F)(C(F)(F)F)C(F)(F)OC(F)(F)C(F)(F)F.[K+]. The zero-order valence-electron chi connectivity index (χ0n) is 12.6. The summed E-state index contributed by atoms with van der Waals surface area (Å²) in [7, 11) is -7.79. The van der Waals surface area contributed by atoms with Gasteiger partial charge in [-0.2, -0.15) is 65.9 Å². The van der Waals surface area contributed by atoms with Crippen LogP contribution in [0.2, 0.25) is 0 Å². The van der Waals surface area contributed by atoms with Crippen molar-refractivity contribution < 1.29 is 140 Å². The van der Waals surface area contributed by atoms with Crippen LogP contribution in [0.4, 0.5) is 65.9 Å². The Kier molecular flexibility index (Phi) is 9.16. The molecular formula is C7F15KO5S. The summed E-state index contributed by atoms with van der Waals surface area (Å²) in [6.45, 7) is 0. The number of ether oxygens (including phenoxy) is 2. The van der Waals surface area contributed by atoms with Crippen LogP contribution in [0.5, 0.6) is 0 Å². The first-order valence-electron chi connectivity index (χ1n) is 5.36. The predicted octanol–water partition coefficient (Wildman–Crippen LogP) is 0.730. The van der Waals surface area contributed by atoms with Crippen molar-refractivity contribution in [2.75, 3.05) is 0 Å². The first kappa shape index (κ1) is 31.6. The second kappa shape index (κ2) is 8.40. The van der Waals surface area contributed by atoms with Crippen LogP contribution in [0.1, 0.15) is 0 Å². The third-order valence-corrected chi connectivity index (χ3v) is 3.11. The molecule has 0 bridgehead atoms. The van der Waals surface area contributed by atoms with E-state index in [1.54, 1.807) is 0 Å². The Labute approximate surface area is 190 Å². The molecule has 1 unspecified atom stereocenters. The zero-order valence-corrected chi connectivity index (χ0v) is 16.6. The molecule has 0 aromatic heterocycles. The summed E-state index contributed by atoms with van der Waals surface area (Å²) in [5.41, 5.74) is 0. The van der Waals surface area contributed by atoms with Gasteiger partial charge in [-0.25, -0.2) is 13.2 Å². The van der Waals surface area contributed by atoms with Crippen molar-refractivity contribution in [1.29, 1.82) is 0 Å². The van der Waals surface area contributed by atoms with Crippen molar-refractivity contribution in [3.63, 3.8) is 0 Å². The van der Waals surface area contributed by atoms with Gasteiger partial charge in [-0.3, -0.25) is 4.74 Å². The van der Waals surface area contributed by atoms with Crippen molar-refractivity contribution in [3.8, 4) is 0 Å². The van der Waals surface area contributed by atoms with Gasteiger partial charge >= 0.3 is 93.2 Å². The largest absolute Gasteiger partial charge is 1.00 e. The quantitative estimate of drug-likeness (QED) is 0.281. The summed E-state index contributed by atoms with van der Waals surface area (Å²) in [6.07, 6.45) is -38.1. The van der Waals surface area contributed by atoms with Crippen LogP contribution >= 0.6 is 0 Å². The standard InChI is InChI=1S/C7HF15O5S.K/c8-1(2(9,10)11,4(15,16)27-5(17,18)3(12,13)14)26-6(19,20)7(21,22)28(23,24)25;/h(H,23,24,25);/q;+1/p-1. The van der Waals surface area contributed by atoms with Gasteiger partial charge in [-0.15, -0.1) is 0 Å². The molecule has 0 fully saturated rings. The van der Waals surface area contributed by atoms with Gasteiger partial charge in [0, 0.05) is 0 Å². The second-order valence-electron chi connectivity index (χ2n) is 4.32. The molecular weight excluding hydrogens is 520 g/mol. The fourth-order valence-corrected chi connectivity index (χ4v) is 1.28. The first-order valence-corrected chi connectivity index (χ1v) is 6.76. The maximum Gasteiger partial charge on any atom is 1.00 e. The minimum Gasteiger partial charge on any atom is -0.743 e. The van der Waals surface area contributed by atoms with E-state index in [0.717, 1.165) is 0 Å². The van der Waals surface area contributed by atoms with Crippen LogP contribution in [0.25, 0.3) is 0 Å². The number of alkyl halides is 15. The molecule has 0 radical (unpaired) electrons. The van der Waals surface area contributed by atoms with E-state index in [1.165, 1.54) is 9.47 Å². The molecule has 0 spiro atoms. The molecule has 0 aromatic carbocycles. The molecule has 0 N–H and O–H groups in total. The van der Waals surface area contributed by atoms with E-state index in [4.69, 9.17) is 0 Å². The third-order valence-electron chi connectivity index (χ3n) is 2.25. The molecule has 170 valence electrons. The summed E-state index contributed by atoms with van der Waals surface area (Å²) in [4.78, 5) is 0. The minimum atomic E-state index is -7.95. The van der Waals surface area contributed by atoms with E-state index in [9.17, 15) is 78.8 Å². The van der Waals surface area contributed by atoms with E-state index in [1.807, 2.05) is 0 Å². The summed E-state index contributed by atoms with van der Waals surface area (Å²) < 4.78 is 219. The molecule has 22 heteroatoms. The van der Waals surface area contributed by atoms with Gasteiger partial charge in [0.15, 0.2) is 10.1 Å². The summed E-state index contributed by atoms with van der Waals surface area (Å²) >= 11 is 0. The van der Waals surface area contributed by atoms with Gasteiger partial charge in [0.05, 0.1) is 0 Å². The van der Waals surface area contributed by atoms with Gasteiger partial charge in [-0.05, 0) is 0 Å². The van der Waals surface area contributed by atoms with Crippen LogP contribution in [0.15, 0.2) is 0 Å². The van der Waals surface area contributed by atoms with Gasteiger partial charge in [0.1, 0.15) is 0 Å². The normalized spacial score (nSPS) is 17.5. The Morgan fingerprint density at radius 2 is 0.897 bits per heavy atom. The first-order chi connectivity index (χ1) is 11.7. The zero-order chi connectivity index (χ0) is 23.4. The van der Waals surface area contributed by atoms with Gasteiger partial charge in [-0.1, -0.05) is 0 Å². The summed E-state index contributed by atoms with van der Waals surface area (Å²) in [5, 5.41) is -7.44. The van der Waals surface area contributed by atoms with Crippen LogP contribution in [-0.2, 0) is 19.6 Å². The van der Waals surface area contributed by atoms with Crippen molar-refractivity contribution in [2.24, 2.45) is 0 Å². The third kappa shape index (κ3) is 6.02. The molecule has 0 aliphatic heterocycles. The molecule has 0 rings (SSSR count). The number of rotatable bonds is 7. The van der Waals surface area contributed by atoms with Gasteiger partial charge < -0.3 is 4.55 Å². The van der Waals surface area contributed by atoms with E-state index in [-0.39, 0.29) is 51.4 Å². The number of halogens is 15. The summed E-state index contributed by atoms with van der Waals surface area (Å²) in [6, 6.07) is 0. The van der Waals surface area contributed by atoms with E-state index in [2.05, 4.69) is 0 Å². The molecule has 0 aliphatic rings. The predicted molar refractivity (Wildman–Crippen MR) is 47.6 cm³/mol.